The summed E-state index contributed by atoms with van der Waals surface area (Å²) in [7, 11) is 0. The normalized spacial score (nSPS) is 23.4. The number of benzene rings is 1. The van der Waals surface area contributed by atoms with Crippen LogP contribution in [0.4, 0.5) is 18.9 Å². The summed E-state index contributed by atoms with van der Waals surface area (Å²) in [6, 6.07) is 5.16. The fraction of sp³-hybridized carbons (Fsp3) is 0.571. The van der Waals surface area contributed by atoms with Crippen molar-refractivity contribution in [1.29, 1.82) is 0 Å². The third kappa shape index (κ3) is 3.04. The van der Waals surface area contributed by atoms with E-state index in [2.05, 4.69) is 5.32 Å². The van der Waals surface area contributed by atoms with Crippen molar-refractivity contribution in [2.45, 2.75) is 37.5 Å². The van der Waals surface area contributed by atoms with Gasteiger partial charge in [0.15, 0.2) is 0 Å². The molecule has 1 aromatic rings. The van der Waals surface area contributed by atoms with E-state index in [-0.39, 0.29) is 5.02 Å². The van der Waals surface area contributed by atoms with Gasteiger partial charge in [0.1, 0.15) is 0 Å². The van der Waals surface area contributed by atoms with Gasteiger partial charge in [-0.3, -0.25) is 0 Å². The van der Waals surface area contributed by atoms with E-state index in [9.17, 15) is 13.2 Å². The fourth-order valence-corrected chi connectivity index (χ4v) is 2.87. The van der Waals surface area contributed by atoms with Crippen LogP contribution >= 0.6 is 11.6 Å². The lowest BCUT2D eigenvalue weighted by Crippen LogP contribution is -2.34. The lowest BCUT2D eigenvalue weighted by atomic mass is 10.2. The predicted molar refractivity (Wildman–Crippen MR) is 73.2 cm³/mol. The van der Waals surface area contributed by atoms with Crippen molar-refractivity contribution in [3.8, 4) is 0 Å². The summed E-state index contributed by atoms with van der Waals surface area (Å²) in [6.07, 6.45) is -0.996. The minimum absolute atomic E-state index is 0.242. The van der Waals surface area contributed by atoms with Gasteiger partial charge in [-0.15, -0.1) is 0 Å². The molecule has 1 saturated heterocycles. The van der Waals surface area contributed by atoms with Gasteiger partial charge in [-0.1, -0.05) is 11.6 Å². The minimum Gasteiger partial charge on any atom is -0.370 e. The van der Waals surface area contributed by atoms with Crippen molar-refractivity contribution in [3.05, 3.63) is 28.8 Å². The first-order chi connectivity index (χ1) is 9.43. The van der Waals surface area contributed by atoms with Crippen molar-refractivity contribution in [3.63, 3.8) is 0 Å². The highest BCUT2D eigenvalue weighted by atomic mass is 35.5. The average molecular weight is 305 g/mol. The van der Waals surface area contributed by atoms with Crippen LogP contribution in [-0.4, -0.2) is 25.2 Å². The number of halogens is 4. The van der Waals surface area contributed by atoms with Gasteiger partial charge in [-0.05, 0) is 37.5 Å². The second kappa shape index (κ2) is 5.11. The van der Waals surface area contributed by atoms with Gasteiger partial charge < -0.3 is 10.2 Å². The monoisotopic (exact) mass is 304 g/mol. The largest absolute Gasteiger partial charge is 0.417 e. The average Bonchev–Trinajstić information content (AvgIpc) is 3.05. The third-order valence-electron chi connectivity index (χ3n) is 3.86. The Morgan fingerprint density at radius 2 is 1.90 bits per heavy atom. The van der Waals surface area contributed by atoms with Gasteiger partial charge in [0.05, 0.1) is 10.6 Å². The molecular formula is C14H16ClF3N2. The number of hydrogen-bond acceptors (Lipinski definition) is 2. The Kier molecular flexibility index (Phi) is 3.58. The van der Waals surface area contributed by atoms with Gasteiger partial charge in [-0.2, -0.15) is 13.2 Å². The van der Waals surface area contributed by atoms with Crippen LogP contribution in [0.5, 0.6) is 0 Å². The molecule has 1 unspecified atom stereocenters. The van der Waals surface area contributed by atoms with Crippen LogP contribution in [0, 0.1) is 0 Å². The van der Waals surface area contributed by atoms with E-state index in [1.165, 1.54) is 18.9 Å². The Hall–Kier alpha value is -0.940. The summed E-state index contributed by atoms with van der Waals surface area (Å²) in [5.41, 5.74) is -0.155. The van der Waals surface area contributed by atoms with E-state index >= 15 is 0 Å². The van der Waals surface area contributed by atoms with Gasteiger partial charge >= 0.3 is 6.18 Å². The van der Waals surface area contributed by atoms with Crippen LogP contribution in [0.15, 0.2) is 18.2 Å². The number of anilines is 1. The SMILES string of the molecule is FC(F)(F)c1cc(N2CCC(NC3CC3)C2)ccc1Cl. The number of nitrogens with zero attached hydrogens (tertiary/aromatic N) is 1. The summed E-state index contributed by atoms with van der Waals surface area (Å²) in [4.78, 5) is 1.99. The minimum atomic E-state index is -4.40. The highest BCUT2D eigenvalue weighted by molar-refractivity contribution is 6.31. The molecule has 1 atom stereocenters. The van der Waals surface area contributed by atoms with E-state index in [4.69, 9.17) is 11.6 Å². The lowest BCUT2D eigenvalue weighted by molar-refractivity contribution is -0.137. The van der Waals surface area contributed by atoms with Crippen molar-refractivity contribution >= 4 is 17.3 Å². The molecule has 1 N–H and O–H groups in total. The Morgan fingerprint density at radius 1 is 1.15 bits per heavy atom. The summed E-state index contributed by atoms with van der Waals surface area (Å²) in [5.74, 6) is 0. The summed E-state index contributed by atoms with van der Waals surface area (Å²) in [6.45, 7) is 1.54. The van der Waals surface area contributed by atoms with Gasteiger partial charge in [0.2, 0.25) is 0 Å². The molecule has 6 heteroatoms. The Labute approximate surface area is 120 Å². The molecular weight excluding hydrogens is 289 g/mol. The van der Waals surface area contributed by atoms with Crippen molar-refractivity contribution < 1.29 is 13.2 Å². The lowest BCUT2D eigenvalue weighted by Gasteiger charge is -2.21. The summed E-state index contributed by atoms with van der Waals surface area (Å²) < 4.78 is 38.6. The number of nitrogens with one attached hydrogen (secondary N) is 1. The second-order valence-electron chi connectivity index (χ2n) is 5.53. The van der Waals surface area contributed by atoms with Gasteiger partial charge in [0, 0.05) is 30.9 Å². The Bertz CT molecular complexity index is 500. The van der Waals surface area contributed by atoms with E-state index in [1.54, 1.807) is 6.07 Å². The van der Waals surface area contributed by atoms with Crippen LogP contribution in [0.2, 0.25) is 5.02 Å². The molecule has 1 aromatic carbocycles. The maximum absolute atomic E-state index is 12.9. The highest BCUT2D eigenvalue weighted by Crippen LogP contribution is 2.37. The number of rotatable bonds is 3. The first kappa shape index (κ1) is 14.0. The third-order valence-corrected chi connectivity index (χ3v) is 4.19. The Balaban J connectivity index is 1.74. The molecule has 0 spiro atoms. The van der Waals surface area contributed by atoms with E-state index in [0.717, 1.165) is 25.6 Å². The summed E-state index contributed by atoms with van der Waals surface area (Å²) >= 11 is 5.64. The molecule has 1 saturated carbocycles. The molecule has 1 aliphatic heterocycles. The Morgan fingerprint density at radius 3 is 2.55 bits per heavy atom. The molecule has 1 heterocycles. The number of alkyl halides is 3. The molecule has 2 nitrogen and oxygen atoms in total. The molecule has 1 aliphatic carbocycles. The van der Waals surface area contributed by atoms with E-state index in [1.807, 2.05) is 4.90 Å². The molecule has 0 radical (unpaired) electrons. The quantitative estimate of drug-likeness (QED) is 0.916. The van der Waals surface area contributed by atoms with Crippen molar-refractivity contribution in [2.75, 3.05) is 18.0 Å². The molecule has 110 valence electrons. The number of hydrogen-bond donors (Lipinski definition) is 1. The second-order valence-corrected chi connectivity index (χ2v) is 5.94. The predicted octanol–water partition coefficient (Wildman–Crippen LogP) is 3.69. The highest BCUT2D eigenvalue weighted by Gasteiger charge is 2.35. The molecule has 2 fully saturated rings. The van der Waals surface area contributed by atoms with Crippen LogP contribution in [0.25, 0.3) is 0 Å². The zero-order valence-corrected chi connectivity index (χ0v) is 11.6. The molecule has 20 heavy (non-hydrogen) atoms. The standard InChI is InChI=1S/C14H16ClF3N2/c15-13-4-3-11(7-12(13)14(16,17)18)20-6-5-10(8-20)19-9-1-2-9/h3-4,7,9-10,19H,1-2,5-6,8H2. The molecule has 0 amide bonds. The maximum Gasteiger partial charge on any atom is 0.417 e. The van der Waals surface area contributed by atoms with Crippen LogP contribution in [0.1, 0.15) is 24.8 Å². The molecule has 3 rings (SSSR count). The zero-order valence-electron chi connectivity index (χ0n) is 10.9. The van der Waals surface area contributed by atoms with Crippen LogP contribution in [-0.2, 0) is 6.18 Å². The fourth-order valence-electron chi connectivity index (χ4n) is 2.64. The van der Waals surface area contributed by atoms with Gasteiger partial charge in [0.25, 0.3) is 0 Å². The first-order valence-corrected chi connectivity index (χ1v) is 7.19. The maximum atomic E-state index is 12.9. The molecule has 0 aromatic heterocycles. The smallest absolute Gasteiger partial charge is 0.370 e. The van der Waals surface area contributed by atoms with Crippen molar-refractivity contribution in [2.24, 2.45) is 0 Å². The first-order valence-electron chi connectivity index (χ1n) is 6.81. The van der Waals surface area contributed by atoms with Crippen LogP contribution in [0.3, 0.4) is 0 Å². The topological polar surface area (TPSA) is 15.3 Å². The van der Waals surface area contributed by atoms with Gasteiger partial charge in [-0.25, -0.2) is 0 Å². The molecule has 0 bridgehead atoms. The molecule has 2 aliphatic rings. The summed E-state index contributed by atoms with van der Waals surface area (Å²) in [5, 5.41) is 3.28. The van der Waals surface area contributed by atoms with E-state index in [0.29, 0.717) is 17.8 Å². The zero-order chi connectivity index (χ0) is 14.3. The van der Waals surface area contributed by atoms with E-state index < -0.39 is 11.7 Å². The van der Waals surface area contributed by atoms with Crippen molar-refractivity contribution in [1.82, 2.24) is 5.32 Å². The van der Waals surface area contributed by atoms with Crippen LogP contribution < -0.4 is 10.2 Å².